The van der Waals surface area contributed by atoms with Crippen LogP contribution in [0.25, 0.3) is 0 Å². The molecule has 1 saturated heterocycles. The summed E-state index contributed by atoms with van der Waals surface area (Å²) in [6, 6.07) is 0.460. The molecule has 18 heavy (non-hydrogen) atoms. The van der Waals surface area contributed by atoms with Gasteiger partial charge < -0.3 is 15.3 Å². The molecule has 6 nitrogen and oxygen atoms in total. The summed E-state index contributed by atoms with van der Waals surface area (Å²) >= 11 is 0. The van der Waals surface area contributed by atoms with Gasteiger partial charge in [-0.15, -0.1) is 5.10 Å². The van der Waals surface area contributed by atoms with Gasteiger partial charge in [0, 0.05) is 19.1 Å². The summed E-state index contributed by atoms with van der Waals surface area (Å²) in [4.78, 5) is 6.45. The second-order valence-corrected chi connectivity index (χ2v) is 4.75. The van der Waals surface area contributed by atoms with E-state index in [0.29, 0.717) is 18.5 Å². The van der Waals surface area contributed by atoms with E-state index >= 15 is 0 Å². The zero-order valence-corrected chi connectivity index (χ0v) is 11.1. The Morgan fingerprint density at radius 3 is 2.78 bits per heavy atom. The minimum Gasteiger partial charge on any atom is -0.395 e. The number of anilines is 1. The van der Waals surface area contributed by atoms with Gasteiger partial charge in [-0.05, 0) is 33.2 Å². The largest absolute Gasteiger partial charge is 0.395 e. The van der Waals surface area contributed by atoms with Crippen molar-refractivity contribution < 1.29 is 5.11 Å². The third kappa shape index (κ3) is 3.14. The molecule has 2 heterocycles. The van der Waals surface area contributed by atoms with Crippen molar-refractivity contribution in [1.29, 1.82) is 0 Å². The van der Waals surface area contributed by atoms with E-state index in [9.17, 15) is 0 Å². The predicted molar refractivity (Wildman–Crippen MR) is 69.6 cm³/mol. The van der Waals surface area contributed by atoms with Gasteiger partial charge in [0.25, 0.3) is 0 Å². The average Bonchev–Trinajstić information content (AvgIpc) is 2.85. The van der Waals surface area contributed by atoms with Crippen LogP contribution in [0.2, 0.25) is 0 Å². The molecule has 1 unspecified atom stereocenters. The van der Waals surface area contributed by atoms with Crippen LogP contribution in [-0.4, -0.2) is 52.6 Å². The number of aliphatic hydroxyl groups excluding tert-OH is 1. The van der Waals surface area contributed by atoms with Crippen LogP contribution < -0.4 is 10.2 Å². The first kappa shape index (κ1) is 13.2. The lowest BCUT2D eigenvalue weighted by Gasteiger charge is -2.24. The third-order valence-electron chi connectivity index (χ3n) is 3.34. The summed E-state index contributed by atoms with van der Waals surface area (Å²) in [5.41, 5.74) is 1.74. The quantitative estimate of drug-likeness (QED) is 0.769. The van der Waals surface area contributed by atoms with Gasteiger partial charge in [-0.1, -0.05) is 0 Å². The second-order valence-electron chi connectivity index (χ2n) is 4.75. The Morgan fingerprint density at radius 1 is 1.33 bits per heavy atom. The molecule has 1 aliphatic rings. The second kappa shape index (κ2) is 6.06. The van der Waals surface area contributed by atoms with Crippen LogP contribution in [0.4, 0.5) is 5.95 Å². The number of rotatable bonds is 5. The number of aryl methyl sites for hydroxylation is 2. The van der Waals surface area contributed by atoms with Crippen molar-refractivity contribution >= 4 is 5.95 Å². The van der Waals surface area contributed by atoms with E-state index in [2.05, 4.69) is 20.5 Å². The summed E-state index contributed by atoms with van der Waals surface area (Å²) in [7, 11) is 0. The van der Waals surface area contributed by atoms with Crippen molar-refractivity contribution in [2.45, 2.75) is 32.7 Å². The van der Waals surface area contributed by atoms with Crippen molar-refractivity contribution in [2.75, 3.05) is 31.1 Å². The number of hydrogen-bond acceptors (Lipinski definition) is 6. The van der Waals surface area contributed by atoms with E-state index < -0.39 is 0 Å². The molecule has 0 aliphatic carbocycles. The molecule has 0 aromatic carbocycles. The molecule has 2 N–H and O–H groups in total. The number of nitrogens with one attached hydrogen (secondary N) is 1. The van der Waals surface area contributed by atoms with Crippen LogP contribution in [0, 0.1) is 13.8 Å². The van der Waals surface area contributed by atoms with E-state index in [1.54, 1.807) is 0 Å². The number of aromatic nitrogens is 3. The van der Waals surface area contributed by atoms with Crippen LogP contribution in [0.5, 0.6) is 0 Å². The lowest BCUT2D eigenvalue weighted by molar-refractivity contribution is 0.299. The van der Waals surface area contributed by atoms with E-state index in [4.69, 9.17) is 5.11 Å². The lowest BCUT2D eigenvalue weighted by Crippen LogP contribution is -2.40. The van der Waals surface area contributed by atoms with Gasteiger partial charge in [-0.2, -0.15) is 5.10 Å². The summed E-state index contributed by atoms with van der Waals surface area (Å²) in [5.74, 6) is 0.612. The Morgan fingerprint density at radius 2 is 2.17 bits per heavy atom. The fourth-order valence-corrected chi connectivity index (χ4v) is 2.15. The van der Waals surface area contributed by atoms with E-state index in [-0.39, 0.29) is 6.61 Å². The van der Waals surface area contributed by atoms with Gasteiger partial charge in [-0.25, -0.2) is 4.98 Å². The Hall–Kier alpha value is -1.27. The maximum atomic E-state index is 9.16. The van der Waals surface area contributed by atoms with Crippen LogP contribution >= 0.6 is 0 Å². The minimum absolute atomic E-state index is 0.100. The van der Waals surface area contributed by atoms with E-state index in [1.807, 2.05) is 18.7 Å². The van der Waals surface area contributed by atoms with Crippen LogP contribution in [0.3, 0.4) is 0 Å². The minimum atomic E-state index is 0.100. The molecule has 0 radical (unpaired) electrons. The van der Waals surface area contributed by atoms with Gasteiger partial charge in [0.05, 0.1) is 18.0 Å². The van der Waals surface area contributed by atoms with Crippen LogP contribution in [0.15, 0.2) is 0 Å². The number of hydrogen-bond donors (Lipinski definition) is 2. The highest BCUT2D eigenvalue weighted by atomic mass is 16.3. The number of aliphatic hydroxyl groups is 1. The molecule has 0 saturated carbocycles. The molecular weight excluding hydrogens is 230 g/mol. The molecule has 6 heteroatoms. The maximum Gasteiger partial charge on any atom is 0.245 e. The molecule has 100 valence electrons. The number of nitrogens with zero attached hydrogens (tertiary/aromatic N) is 4. The van der Waals surface area contributed by atoms with Gasteiger partial charge in [-0.3, -0.25) is 0 Å². The highest BCUT2D eigenvalue weighted by Gasteiger charge is 2.20. The van der Waals surface area contributed by atoms with Crippen molar-refractivity contribution in [3.05, 3.63) is 11.4 Å². The summed E-state index contributed by atoms with van der Waals surface area (Å²) in [6.45, 7) is 6.37. The highest BCUT2D eigenvalue weighted by molar-refractivity contribution is 5.30. The molecule has 1 fully saturated rings. The molecule has 1 aromatic rings. The Labute approximate surface area is 107 Å². The molecule has 0 amide bonds. The summed E-state index contributed by atoms with van der Waals surface area (Å²) < 4.78 is 0. The third-order valence-corrected chi connectivity index (χ3v) is 3.34. The van der Waals surface area contributed by atoms with Gasteiger partial charge >= 0.3 is 0 Å². The molecule has 0 spiro atoms. The molecule has 1 aromatic heterocycles. The molecule has 1 aliphatic heterocycles. The van der Waals surface area contributed by atoms with Crippen molar-refractivity contribution in [3.8, 4) is 0 Å². The van der Waals surface area contributed by atoms with Crippen molar-refractivity contribution in [3.63, 3.8) is 0 Å². The zero-order chi connectivity index (χ0) is 13.0. The lowest BCUT2D eigenvalue weighted by atomic mass is 10.2. The highest BCUT2D eigenvalue weighted by Crippen LogP contribution is 2.12. The zero-order valence-electron chi connectivity index (χ0n) is 11.1. The van der Waals surface area contributed by atoms with Gasteiger partial charge in [0.15, 0.2) is 0 Å². The van der Waals surface area contributed by atoms with Gasteiger partial charge in [0.2, 0.25) is 5.95 Å². The Bertz CT molecular complexity index is 392. The first-order valence-electron chi connectivity index (χ1n) is 6.48. The molecule has 1 atom stereocenters. The standard InChI is InChI=1S/C12H21N5O/c1-9-10(2)15-16-12(14-9)17(6-7-18)8-11-4-3-5-13-11/h11,13,18H,3-8H2,1-2H3. The maximum absolute atomic E-state index is 9.16. The topological polar surface area (TPSA) is 74.2 Å². The van der Waals surface area contributed by atoms with Crippen LogP contribution in [0.1, 0.15) is 24.2 Å². The smallest absolute Gasteiger partial charge is 0.245 e. The summed E-state index contributed by atoms with van der Waals surface area (Å²) in [6.07, 6.45) is 2.38. The molecule has 2 rings (SSSR count). The van der Waals surface area contributed by atoms with Crippen LogP contribution in [-0.2, 0) is 0 Å². The first-order chi connectivity index (χ1) is 8.70. The van der Waals surface area contributed by atoms with E-state index in [1.165, 1.54) is 12.8 Å². The monoisotopic (exact) mass is 251 g/mol. The molecule has 0 bridgehead atoms. The van der Waals surface area contributed by atoms with Gasteiger partial charge in [0.1, 0.15) is 0 Å². The SMILES string of the molecule is Cc1nnc(N(CCO)CC2CCCN2)nc1C. The Kier molecular flexibility index (Phi) is 4.43. The Balaban J connectivity index is 2.09. The van der Waals surface area contributed by atoms with E-state index in [0.717, 1.165) is 24.5 Å². The van der Waals surface area contributed by atoms with Crippen molar-refractivity contribution in [2.24, 2.45) is 0 Å². The fourth-order valence-electron chi connectivity index (χ4n) is 2.15. The average molecular weight is 251 g/mol. The first-order valence-corrected chi connectivity index (χ1v) is 6.48. The normalized spacial score (nSPS) is 19.2. The molecular formula is C12H21N5O. The predicted octanol–water partition coefficient (Wildman–Crippen LogP) is 0.0391. The fraction of sp³-hybridized carbons (Fsp3) is 0.750. The van der Waals surface area contributed by atoms with Crippen molar-refractivity contribution in [1.82, 2.24) is 20.5 Å². The summed E-state index contributed by atoms with van der Waals surface area (Å²) in [5, 5.41) is 20.8.